The van der Waals surface area contributed by atoms with Crippen molar-refractivity contribution >= 4 is 23.2 Å². The van der Waals surface area contributed by atoms with E-state index in [-0.39, 0.29) is 24.3 Å². The molecule has 138 valence electrons. The van der Waals surface area contributed by atoms with Crippen molar-refractivity contribution in [1.82, 2.24) is 10.2 Å². The number of piperazine rings is 1. The van der Waals surface area contributed by atoms with E-state index in [9.17, 15) is 9.18 Å². The highest BCUT2D eigenvalue weighted by atomic mass is 35.5. The number of nitrogens with zero attached hydrogens (tertiary/aromatic N) is 2. The molecular formula is C20H23ClFN3O. The lowest BCUT2D eigenvalue weighted by atomic mass is 10.1. The Morgan fingerprint density at radius 1 is 1.12 bits per heavy atom. The second-order valence-electron chi connectivity index (χ2n) is 6.44. The fraction of sp³-hybridized carbons (Fsp3) is 0.350. The molecule has 1 aliphatic rings. The van der Waals surface area contributed by atoms with Crippen LogP contribution in [0.5, 0.6) is 0 Å². The fourth-order valence-electron chi connectivity index (χ4n) is 3.19. The molecule has 1 fully saturated rings. The van der Waals surface area contributed by atoms with E-state index in [0.29, 0.717) is 36.9 Å². The third-order valence-corrected chi connectivity index (χ3v) is 5.10. The molecule has 1 aliphatic heterocycles. The summed E-state index contributed by atoms with van der Waals surface area (Å²) in [6.45, 7) is 4.70. The van der Waals surface area contributed by atoms with Gasteiger partial charge < -0.3 is 15.1 Å². The summed E-state index contributed by atoms with van der Waals surface area (Å²) in [5, 5.41) is 3.93. The number of rotatable bonds is 5. The lowest BCUT2D eigenvalue weighted by Gasteiger charge is -2.36. The van der Waals surface area contributed by atoms with Gasteiger partial charge in [-0.25, -0.2) is 4.39 Å². The smallest absolute Gasteiger partial charge is 0.236 e. The highest BCUT2D eigenvalue weighted by molar-refractivity contribution is 6.31. The minimum atomic E-state index is -0.220. The van der Waals surface area contributed by atoms with Gasteiger partial charge in [0.2, 0.25) is 5.91 Å². The first-order valence-corrected chi connectivity index (χ1v) is 9.19. The van der Waals surface area contributed by atoms with Gasteiger partial charge in [-0.1, -0.05) is 41.9 Å². The van der Waals surface area contributed by atoms with Crippen LogP contribution in [0.3, 0.4) is 0 Å². The first-order chi connectivity index (χ1) is 12.6. The number of para-hydroxylation sites is 1. The zero-order valence-electron chi connectivity index (χ0n) is 14.8. The predicted octanol–water partition coefficient (Wildman–Crippen LogP) is 3.48. The molecule has 2 aromatic rings. The molecule has 0 radical (unpaired) electrons. The van der Waals surface area contributed by atoms with E-state index in [4.69, 9.17) is 11.6 Å². The molecular weight excluding hydrogens is 353 g/mol. The monoisotopic (exact) mass is 375 g/mol. The molecule has 0 bridgehead atoms. The highest BCUT2D eigenvalue weighted by Crippen LogP contribution is 2.22. The van der Waals surface area contributed by atoms with Crippen LogP contribution in [0.1, 0.15) is 18.5 Å². The van der Waals surface area contributed by atoms with Gasteiger partial charge in [0.05, 0.1) is 12.2 Å². The van der Waals surface area contributed by atoms with Gasteiger partial charge in [-0.3, -0.25) is 4.79 Å². The maximum absolute atomic E-state index is 13.9. The quantitative estimate of drug-likeness (QED) is 0.869. The number of amides is 1. The Kier molecular flexibility index (Phi) is 6.12. The van der Waals surface area contributed by atoms with Crippen molar-refractivity contribution in [3.8, 4) is 0 Å². The van der Waals surface area contributed by atoms with Crippen LogP contribution in [-0.4, -0.2) is 43.5 Å². The molecule has 0 spiro atoms. The van der Waals surface area contributed by atoms with Gasteiger partial charge in [-0.15, -0.1) is 0 Å². The lowest BCUT2D eigenvalue weighted by Crippen LogP contribution is -2.51. The molecule has 1 heterocycles. The molecule has 2 aromatic carbocycles. The molecule has 0 saturated carbocycles. The van der Waals surface area contributed by atoms with Gasteiger partial charge in [0.15, 0.2) is 0 Å². The van der Waals surface area contributed by atoms with Crippen molar-refractivity contribution < 1.29 is 9.18 Å². The van der Waals surface area contributed by atoms with Crippen molar-refractivity contribution in [2.45, 2.75) is 13.0 Å². The van der Waals surface area contributed by atoms with Crippen LogP contribution in [0.25, 0.3) is 0 Å². The SMILES string of the molecule is C[C@H](NCC(=O)N1CCN(c2ccccc2F)CC1)c1ccccc1Cl. The summed E-state index contributed by atoms with van der Waals surface area (Å²) < 4.78 is 13.9. The fourth-order valence-corrected chi connectivity index (χ4v) is 3.49. The molecule has 4 nitrogen and oxygen atoms in total. The van der Waals surface area contributed by atoms with E-state index >= 15 is 0 Å². The number of benzene rings is 2. The highest BCUT2D eigenvalue weighted by Gasteiger charge is 2.23. The number of anilines is 1. The third-order valence-electron chi connectivity index (χ3n) is 4.76. The Labute approximate surface area is 158 Å². The van der Waals surface area contributed by atoms with E-state index in [0.717, 1.165) is 5.56 Å². The van der Waals surface area contributed by atoms with Crippen LogP contribution in [0.2, 0.25) is 5.02 Å². The maximum Gasteiger partial charge on any atom is 0.236 e. The molecule has 1 N–H and O–H groups in total. The molecule has 1 atom stereocenters. The maximum atomic E-state index is 13.9. The van der Waals surface area contributed by atoms with E-state index in [1.807, 2.05) is 47.1 Å². The summed E-state index contributed by atoms with van der Waals surface area (Å²) in [6, 6.07) is 14.4. The largest absolute Gasteiger partial charge is 0.366 e. The summed E-state index contributed by atoms with van der Waals surface area (Å²) in [5.74, 6) is -0.167. The third kappa shape index (κ3) is 4.34. The van der Waals surface area contributed by atoms with Crippen molar-refractivity contribution in [3.05, 3.63) is 64.9 Å². The predicted molar refractivity (Wildman–Crippen MR) is 103 cm³/mol. The van der Waals surface area contributed by atoms with E-state index in [1.165, 1.54) is 6.07 Å². The molecule has 0 aliphatic carbocycles. The van der Waals surface area contributed by atoms with Gasteiger partial charge in [-0.05, 0) is 30.7 Å². The second kappa shape index (κ2) is 8.52. The van der Waals surface area contributed by atoms with Crippen LogP contribution in [-0.2, 0) is 4.79 Å². The standard InChI is InChI=1S/C20H23ClFN3O/c1-15(16-6-2-3-7-17(16)21)23-14-20(26)25-12-10-24(11-13-25)19-9-5-4-8-18(19)22/h2-9,15,23H,10-14H2,1H3/t15-/m0/s1. The Morgan fingerprint density at radius 2 is 1.77 bits per heavy atom. The molecule has 6 heteroatoms. The minimum absolute atomic E-state index is 0.00708. The summed E-state index contributed by atoms with van der Waals surface area (Å²) in [5.41, 5.74) is 1.58. The molecule has 1 saturated heterocycles. The Morgan fingerprint density at radius 3 is 2.46 bits per heavy atom. The number of hydrogen-bond donors (Lipinski definition) is 1. The molecule has 0 unspecified atom stereocenters. The van der Waals surface area contributed by atoms with Gasteiger partial charge >= 0.3 is 0 Å². The van der Waals surface area contributed by atoms with Crippen LogP contribution in [0.4, 0.5) is 10.1 Å². The van der Waals surface area contributed by atoms with Crippen molar-refractivity contribution in [2.75, 3.05) is 37.6 Å². The Bertz CT molecular complexity index is 762. The van der Waals surface area contributed by atoms with E-state index in [2.05, 4.69) is 5.32 Å². The zero-order valence-corrected chi connectivity index (χ0v) is 15.5. The van der Waals surface area contributed by atoms with Gasteiger partial charge in [0.25, 0.3) is 0 Å². The van der Waals surface area contributed by atoms with E-state index in [1.54, 1.807) is 12.1 Å². The Hall–Kier alpha value is -2.11. The molecule has 26 heavy (non-hydrogen) atoms. The first kappa shape index (κ1) is 18.7. The number of hydrogen-bond acceptors (Lipinski definition) is 3. The number of carbonyl (C=O) groups is 1. The van der Waals surface area contributed by atoms with Crippen LogP contribution in [0.15, 0.2) is 48.5 Å². The molecule has 0 aromatic heterocycles. The van der Waals surface area contributed by atoms with E-state index < -0.39 is 0 Å². The summed E-state index contributed by atoms with van der Waals surface area (Å²) in [6.07, 6.45) is 0. The summed E-state index contributed by atoms with van der Waals surface area (Å²) in [4.78, 5) is 16.3. The second-order valence-corrected chi connectivity index (χ2v) is 6.85. The number of nitrogens with one attached hydrogen (secondary N) is 1. The van der Waals surface area contributed by atoms with Gasteiger partial charge in [0.1, 0.15) is 5.82 Å². The van der Waals surface area contributed by atoms with Crippen LogP contribution >= 0.6 is 11.6 Å². The zero-order chi connectivity index (χ0) is 18.5. The van der Waals surface area contributed by atoms with Crippen LogP contribution in [0, 0.1) is 5.82 Å². The Balaban J connectivity index is 1.50. The molecule has 3 rings (SSSR count). The first-order valence-electron chi connectivity index (χ1n) is 8.81. The van der Waals surface area contributed by atoms with Crippen LogP contribution < -0.4 is 10.2 Å². The molecule has 1 amide bonds. The number of carbonyl (C=O) groups excluding carboxylic acids is 1. The topological polar surface area (TPSA) is 35.6 Å². The van der Waals surface area contributed by atoms with Crippen molar-refractivity contribution in [3.63, 3.8) is 0 Å². The average molecular weight is 376 g/mol. The van der Waals surface area contributed by atoms with Gasteiger partial charge in [-0.2, -0.15) is 0 Å². The summed E-state index contributed by atoms with van der Waals surface area (Å²) in [7, 11) is 0. The number of halogens is 2. The average Bonchev–Trinajstić information content (AvgIpc) is 2.67. The lowest BCUT2D eigenvalue weighted by molar-refractivity contribution is -0.130. The normalized spacial score (nSPS) is 15.8. The van der Waals surface area contributed by atoms with Crippen molar-refractivity contribution in [1.29, 1.82) is 0 Å². The van der Waals surface area contributed by atoms with Crippen molar-refractivity contribution in [2.24, 2.45) is 0 Å². The minimum Gasteiger partial charge on any atom is -0.366 e. The van der Waals surface area contributed by atoms with Gasteiger partial charge in [0, 0.05) is 37.2 Å². The summed E-state index contributed by atoms with van der Waals surface area (Å²) >= 11 is 6.20.